The Hall–Kier alpha value is -0.580. The fourth-order valence-corrected chi connectivity index (χ4v) is 2.43. The van der Waals surface area contributed by atoms with Crippen molar-refractivity contribution >= 4 is 56.5 Å². The van der Waals surface area contributed by atoms with Crippen LogP contribution in [0.3, 0.4) is 0 Å². The van der Waals surface area contributed by atoms with Crippen molar-refractivity contribution < 1.29 is 9.59 Å². The maximum Gasteiger partial charge on any atom is 0.245 e. The van der Waals surface area contributed by atoms with Crippen molar-refractivity contribution in [2.45, 2.75) is 25.6 Å². The summed E-state index contributed by atoms with van der Waals surface area (Å²) in [6.45, 7) is 5.26. The molecule has 1 rings (SSSR count). The first-order chi connectivity index (χ1) is 8.62. The van der Waals surface area contributed by atoms with E-state index in [2.05, 4.69) is 21.2 Å². The highest BCUT2D eigenvalue weighted by molar-refractivity contribution is 9.10. The number of carbonyl (C=O) groups excluding carboxylic acids is 2. The van der Waals surface area contributed by atoms with Gasteiger partial charge in [-0.15, -0.1) is 0 Å². The lowest BCUT2D eigenvalue weighted by molar-refractivity contribution is -0.129. The number of anilines is 1. The van der Waals surface area contributed by atoms with Crippen LogP contribution in [0.25, 0.3) is 0 Å². The maximum absolute atomic E-state index is 12.0. The van der Waals surface area contributed by atoms with Gasteiger partial charge in [-0.3, -0.25) is 9.59 Å². The molecule has 0 saturated carbocycles. The van der Waals surface area contributed by atoms with Crippen LogP contribution in [0.2, 0.25) is 10.0 Å². The highest BCUT2D eigenvalue weighted by Gasteiger charge is 2.32. The van der Waals surface area contributed by atoms with E-state index in [1.165, 1.54) is 6.07 Å². The summed E-state index contributed by atoms with van der Waals surface area (Å²) in [6.07, 6.45) is 0. The predicted molar refractivity (Wildman–Crippen MR) is 82.3 cm³/mol. The van der Waals surface area contributed by atoms with E-state index < -0.39 is 16.1 Å². The predicted octanol–water partition coefficient (Wildman–Crippen LogP) is 4.31. The van der Waals surface area contributed by atoms with Crippen molar-refractivity contribution in [2.24, 2.45) is 5.41 Å². The molecule has 1 atom stereocenters. The fraction of sp³-hybridized carbons (Fsp3) is 0.385. The molecule has 0 aliphatic carbocycles. The second-order valence-electron chi connectivity index (χ2n) is 5.09. The van der Waals surface area contributed by atoms with Crippen LogP contribution >= 0.6 is 39.1 Å². The minimum atomic E-state index is -0.928. The largest absolute Gasteiger partial charge is 0.323 e. The molecular weight excluding hydrogens is 353 g/mol. The van der Waals surface area contributed by atoms with Gasteiger partial charge in [0.15, 0.2) is 10.6 Å². The molecule has 19 heavy (non-hydrogen) atoms. The number of amides is 1. The second-order valence-corrected chi connectivity index (χ2v) is 6.85. The number of nitrogens with one attached hydrogen (secondary N) is 1. The summed E-state index contributed by atoms with van der Waals surface area (Å²) in [5.74, 6) is -0.674. The normalized spacial score (nSPS) is 12.9. The third kappa shape index (κ3) is 4.48. The molecule has 104 valence electrons. The number of rotatable bonds is 3. The number of benzene rings is 1. The quantitative estimate of drug-likeness (QED) is 0.639. The van der Waals surface area contributed by atoms with Crippen molar-refractivity contribution in [1.82, 2.24) is 0 Å². The van der Waals surface area contributed by atoms with Crippen molar-refractivity contribution in [2.75, 3.05) is 5.32 Å². The van der Waals surface area contributed by atoms with Gasteiger partial charge >= 0.3 is 0 Å². The summed E-state index contributed by atoms with van der Waals surface area (Å²) >= 11 is 14.9. The van der Waals surface area contributed by atoms with Gasteiger partial charge in [0.2, 0.25) is 5.91 Å². The molecule has 6 heteroatoms. The molecule has 3 nitrogen and oxygen atoms in total. The minimum Gasteiger partial charge on any atom is -0.323 e. The second kappa shape index (κ2) is 6.25. The number of ketones is 1. The Bertz CT molecular complexity index is 512. The average molecular weight is 367 g/mol. The van der Waals surface area contributed by atoms with Crippen molar-refractivity contribution in [3.8, 4) is 0 Å². The average Bonchev–Trinajstić information content (AvgIpc) is 2.30. The Labute approximate surface area is 130 Å². The topological polar surface area (TPSA) is 46.2 Å². The van der Waals surface area contributed by atoms with Gasteiger partial charge in [0.05, 0.1) is 10.7 Å². The van der Waals surface area contributed by atoms with E-state index in [1.807, 2.05) is 0 Å². The first-order valence-corrected chi connectivity index (χ1v) is 7.24. The number of Topliss-reactive ketones (excluding diaryl/α,β-unsaturated/α-hetero) is 1. The summed E-state index contributed by atoms with van der Waals surface area (Å²) in [4.78, 5) is 23.0. The van der Waals surface area contributed by atoms with Crippen LogP contribution in [-0.2, 0) is 9.59 Å². The first kappa shape index (κ1) is 16.5. The van der Waals surface area contributed by atoms with Gasteiger partial charge in [-0.2, -0.15) is 0 Å². The van der Waals surface area contributed by atoms with E-state index in [9.17, 15) is 9.59 Å². The first-order valence-electron chi connectivity index (χ1n) is 5.57. The van der Waals surface area contributed by atoms with Crippen LogP contribution in [0.1, 0.15) is 20.8 Å². The Morgan fingerprint density at radius 2 is 1.84 bits per heavy atom. The standard InChI is InChI=1S/C13H14BrCl2NO2/c1-13(2,3)11(18)10(14)12(19)17-9-6-7(15)4-5-8(9)16/h4-6,10H,1-3H3,(H,17,19). The van der Waals surface area contributed by atoms with E-state index >= 15 is 0 Å². The molecule has 1 aromatic rings. The summed E-state index contributed by atoms with van der Waals surface area (Å²) in [6, 6.07) is 4.73. The third-order valence-electron chi connectivity index (χ3n) is 2.39. The fourth-order valence-electron chi connectivity index (χ4n) is 1.29. The molecule has 0 spiro atoms. The molecule has 1 N–H and O–H groups in total. The molecule has 0 heterocycles. The van der Waals surface area contributed by atoms with Crippen molar-refractivity contribution in [3.63, 3.8) is 0 Å². The maximum atomic E-state index is 12.0. The lowest BCUT2D eigenvalue weighted by Gasteiger charge is -2.20. The van der Waals surface area contributed by atoms with Gasteiger partial charge in [-0.25, -0.2) is 0 Å². The van der Waals surface area contributed by atoms with Crippen molar-refractivity contribution in [1.29, 1.82) is 0 Å². The van der Waals surface area contributed by atoms with Crippen LogP contribution in [0.4, 0.5) is 5.69 Å². The van der Waals surface area contributed by atoms with Crippen molar-refractivity contribution in [3.05, 3.63) is 28.2 Å². The number of carbonyl (C=O) groups is 2. The minimum absolute atomic E-state index is 0.205. The van der Waals surface area contributed by atoms with Crippen LogP contribution in [-0.4, -0.2) is 16.5 Å². The Balaban J connectivity index is 2.85. The van der Waals surface area contributed by atoms with Gasteiger partial charge in [-0.1, -0.05) is 59.9 Å². The zero-order valence-corrected chi connectivity index (χ0v) is 13.9. The number of hydrogen-bond donors (Lipinski definition) is 1. The van der Waals surface area contributed by atoms with E-state index in [0.717, 1.165) is 0 Å². The van der Waals surface area contributed by atoms with Gasteiger partial charge in [0, 0.05) is 10.4 Å². The van der Waals surface area contributed by atoms with Crippen LogP contribution < -0.4 is 5.32 Å². The molecule has 0 aliphatic heterocycles. The molecule has 1 aromatic carbocycles. The third-order valence-corrected chi connectivity index (χ3v) is 3.78. The highest BCUT2D eigenvalue weighted by Crippen LogP contribution is 2.27. The molecule has 0 aromatic heterocycles. The summed E-state index contributed by atoms with van der Waals surface area (Å²) < 4.78 is 0. The molecule has 0 radical (unpaired) electrons. The molecule has 0 fully saturated rings. The number of hydrogen-bond acceptors (Lipinski definition) is 2. The number of halogens is 3. The summed E-state index contributed by atoms with van der Waals surface area (Å²) in [5, 5.41) is 3.39. The van der Waals surface area contributed by atoms with E-state index in [0.29, 0.717) is 15.7 Å². The smallest absolute Gasteiger partial charge is 0.245 e. The Kier molecular flexibility index (Phi) is 5.42. The summed E-state index contributed by atoms with van der Waals surface area (Å²) in [5.41, 5.74) is -0.228. The monoisotopic (exact) mass is 365 g/mol. The zero-order valence-electron chi connectivity index (χ0n) is 10.8. The van der Waals surface area contributed by atoms with Gasteiger partial charge in [0.25, 0.3) is 0 Å². The number of alkyl halides is 1. The van der Waals surface area contributed by atoms with E-state index in [1.54, 1.807) is 32.9 Å². The Morgan fingerprint density at radius 3 is 2.37 bits per heavy atom. The zero-order chi connectivity index (χ0) is 14.8. The Morgan fingerprint density at radius 1 is 1.26 bits per heavy atom. The molecule has 0 aliphatic rings. The molecule has 1 amide bonds. The van der Waals surface area contributed by atoms with E-state index in [4.69, 9.17) is 23.2 Å². The van der Waals surface area contributed by atoms with Gasteiger partial charge in [-0.05, 0) is 18.2 Å². The van der Waals surface area contributed by atoms with Gasteiger partial charge < -0.3 is 5.32 Å². The molecule has 0 bridgehead atoms. The van der Waals surface area contributed by atoms with Crippen LogP contribution in [0, 0.1) is 5.41 Å². The van der Waals surface area contributed by atoms with Crippen LogP contribution in [0.15, 0.2) is 18.2 Å². The van der Waals surface area contributed by atoms with Gasteiger partial charge in [0.1, 0.15) is 0 Å². The lowest BCUT2D eigenvalue weighted by atomic mass is 9.89. The molecular formula is C13H14BrCl2NO2. The summed E-state index contributed by atoms with van der Waals surface area (Å²) in [7, 11) is 0. The molecule has 1 unspecified atom stereocenters. The SMILES string of the molecule is CC(C)(C)C(=O)C(Br)C(=O)Nc1cc(Cl)ccc1Cl. The molecule has 0 saturated heterocycles. The highest BCUT2D eigenvalue weighted by atomic mass is 79.9. The van der Waals surface area contributed by atoms with Crippen LogP contribution in [0.5, 0.6) is 0 Å². The van der Waals surface area contributed by atoms with E-state index in [-0.39, 0.29) is 5.78 Å². The lowest BCUT2D eigenvalue weighted by Crippen LogP contribution is -2.37.